The molecule has 18 heavy (non-hydrogen) atoms. The Hall–Kier alpha value is -1.09. The van der Waals surface area contributed by atoms with Crippen LogP contribution < -0.4 is 10.6 Å². The first kappa shape index (κ1) is 13.3. The van der Waals surface area contributed by atoms with Gasteiger partial charge < -0.3 is 10.6 Å². The zero-order chi connectivity index (χ0) is 13.0. The van der Waals surface area contributed by atoms with Gasteiger partial charge in [0.05, 0.1) is 0 Å². The standard InChI is InChI=1S/C15H25N3/c1-3-15(2)7-11-18(12-8-15)14-13(6-9-16)5-4-10-17-14/h4-5,10H,3,6-9,11-12,16H2,1-2H3. The van der Waals surface area contributed by atoms with E-state index in [1.54, 1.807) is 0 Å². The number of nitrogens with zero attached hydrogens (tertiary/aromatic N) is 2. The number of hydrogen-bond donors (Lipinski definition) is 1. The summed E-state index contributed by atoms with van der Waals surface area (Å²) in [5.41, 5.74) is 7.50. The Labute approximate surface area is 110 Å². The molecular weight excluding hydrogens is 222 g/mol. The Kier molecular flexibility index (Phi) is 4.23. The SMILES string of the molecule is CCC1(C)CCN(c2ncccc2CCN)CC1. The molecule has 2 rings (SSSR count). The van der Waals surface area contributed by atoms with Gasteiger partial charge in [-0.1, -0.05) is 26.3 Å². The lowest BCUT2D eigenvalue weighted by Gasteiger charge is -2.40. The van der Waals surface area contributed by atoms with Gasteiger partial charge in [-0.25, -0.2) is 4.98 Å². The fourth-order valence-corrected chi connectivity index (χ4v) is 2.68. The summed E-state index contributed by atoms with van der Waals surface area (Å²) >= 11 is 0. The second-order valence-electron chi connectivity index (χ2n) is 5.68. The van der Waals surface area contributed by atoms with E-state index in [1.807, 2.05) is 12.3 Å². The van der Waals surface area contributed by atoms with Crippen molar-refractivity contribution in [3.8, 4) is 0 Å². The molecule has 1 saturated heterocycles. The van der Waals surface area contributed by atoms with E-state index in [9.17, 15) is 0 Å². The van der Waals surface area contributed by atoms with Crippen molar-refractivity contribution in [2.75, 3.05) is 24.5 Å². The van der Waals surface area contributed by atoms with E-state index in [1.165, 1.54) is 24.8 Å². The lowest BCUT2D eigenvalue weighted by atomic mass is 9.78. The molecule has 100 valence electrons. The fraction of sp³-hybridized carbons (Fsp3) is 0.667. The lowest BCUT2D eigenvalue weighted by molar-refractivity contribution is 0.237. The molecule has 1 aromatic rings. The highest BCUT2D eigenvalue weighted by Crippen LogP contribution is 2.35. The van der Waals surface area contributed by atoms with Gasteiger partial charge in [0.2, 0.25) is 0 Å². The minimum Gasteiger partial charge on any atom is -0.356 e. The monoisotopic (exact) mass is 247 g/mol. The van der Waals surface area contributed by atoms with E-state index in [2.05, 4.69) is 29.8 Å². The number of aromatic nitrogens is 1. The summed E-state index contributed by atoms with van der Waals surface area (Å²) in [7, 11) is 0. The smallest absolute Gasteiger partial charge is 0.131 e. The highest BCUT2D eigenvalue weighted by Gasteiger charge is 2.29. The van der Waals surface area contributed by atoms with Crippen LogP contribution >= 0.6 is 0 Å². The predicted octanol–water partition coefficient (Wildman–Crippen LogP) is 2.60. The average molecular weight is 247 g/mol. The van der Waals surface area contributed by atoms with Crippen molar-refractivity contribution in [2.45, 2.75) is 39.5 Å². The number of piperidine rings is 1. The Morgan fingerprint density at radius 2 is 2.11 bits per heavy atom. The lowest BCUT2D eigenvalue weighted by Crippen LogP contribution is -2.39. The third kappa shape index (κ3) is 2.83. The summed E-state index contributed by atoms with van der Waals surface area (Å²) in [6.45, 7) is 7.65. The Bertz CT molecular complexity index is 381. The van der Waals surface area contributed by atoms with E-state index in [0.717, 1.165) is 25.3 Å². The molecule has 1 aliphatic rings. The first-order valence-electron chi connectivity index (χ1n) is 7.07. The molecule has 0 bridgehead atoms. The van der Waals surface area contributed by atoms with Crippen molar-refractivity contribution < 1.29 is 0 Å². The van der Waals surface area contributed by atoms with Gasteiger partial charge in [-0.2, -0.15) is 0 Å². The molecule has 0 aliphatic carbocycles. The minimum atomic E-state index is 0.527. The fourth-order valence-electron chi connectivity index (χ4n) is 2.68. The van der Waals surface area contributed by atoms with Crippen molar-refractivity contribution in [2.24, 2.45) is 11.1 Å². The molecule has 0 unspecified atom stereocenters. The Morgan fingerprint density at radius 3 is 2.72 bits per heavy atom. The number of nitrogens with two attached hydrogens (primary N) is 1. The van der Waals surface area contributed by atoms with Gasteiger partial charge in [-0.3, -0.25) is 0 Å². The third-order valence-corrected chi connectivity index (χ3v) is 4.40. The molecule has 2 N–H and O–H groups in total. The van der Waals surface area contributed by atoms with Gasteiger partial charge in [0.1, 0.15) is 5.82 Å². The summed E-state index contributed by atoms with van der Waals surface area (Å²) in [6.07, 6.45) is 6.62. The Balaban J connectivity index is 2.09. The number of anilines is 1. The maximum Gasteiger partial charge on any atom is 0.131 e. The molecule has 3 nitrogen and oxygen atoms in total. The third-order valence-electron chi connectivity index (χ3n) is 4.40. The van der Waals surface area contributed by atoms with E-state index >= 15 is 0 Å². The van der Waals surface area contributed by atoms with Gasteiger partial charge in [-0.15, -0.1) is 0 Å². The number of rotatable bonds is 4. The van der Waals surface area contributed by atoms with Crippen LogP contribution in [0, 0.1) is 5.41 Å². The summed E-state index contributed by atoms with van der Waals surface area (Å²) in [5.74, 6) is 1.15. The summed E-state index contributed by atoms with van der Waals surface area (Å²) in [6, 6.07) is 4.16. The van der Waals surface area contributed by atoms with Crippen LogP contribution in [0.15, 0.2) is 18.3 Å². The van der Waals surface area contributed by atoms with Crippen LogP contribution in [0.3, 0.4) is 0 Å². The normalized spacial score (nSPS) is 18.9. The summed E-state index contributed by atoms with van der Waals surface area (Å²) in [4.78, 5) is 7.00. The van der Waals surface area contributed by atoms with Gasteiger partial charge in [0, 0.05) is 19.3 Å². The van der Waals surface area contributed by atoms with Crippen molar-refractivity contribution in [3.63, 3.8) is 0 Å². The van der Waals surface area contributed by atoms with Crippen molar-refractivity contribution in [1.82, 2.24) is 4.98 Å². The largest absolute Gasteiger partial charge is 0.356 e. The minimum absolute atomic E-state index is 0.527. The van der Waals surface area contributed by atoms with Crippen LogP contribution in [0.2, 0.25) is 0 Å². The second kappa shape index (κ2) is 5.70. The molecule has 1 fully saturated rings. The Morgan fingerprint density at radius 1 is 1.39 bits per heavy atom. The second-order valence-corrected chi connectivity index (χ2v) is 5.68. The first-order valence-corrected chi connectivity index (χ1v) is 7.07. The molecular formula is C15H25N3. The molecule has 0 saturated carbocycles. The first-order chi connectivity index (χ1) is 8.68. The maximum absolute atomic E-state index is 5.68. The zero-order valence-electron chi connectivity index (χ0n) is 11.7. The van der Waals surface area contributed by atoms with Crippen LogP contribution in [0.25, 0.3) is 0 Å². The number of pyridine rings is 1. The van der Waals surface area contributed by atoms with Crippen molar-refractivity contribution in [1.29, 1.82) is 0 Å². The van der Waals surface area contributed by atoms with Gasteiger partial charge in [0.25, 0.3) is 0 Å². The predicted molar refractivity (Wildman–Crippen MR) is 76.8 cm³/mol. The molecule has 1 aromatic heterocycles. The van der Waals surface area contributed by atoms with Crippen molar-refractivity contribution >= 4 is 5.82 Å². The zero-order valence-corrected chi connectivity index (χ0v) is 11.7. The van der Waals surface area contributed by atoms with Gasteiger partial charge in [-0.05, 0) is 42.9 Å². The number of hydrogen-bond acceptors (Lipinski definition) is 3. The summed E-state index contributed by atoms with van der Waals surface area (Å²) < 4.78 is 0. The van der Waals surface area contributed by atoms with Gasteiger partial charge in [0.15, 0.2) is 0 Å². The van der Waals surface area contributed by atoms with Gasteiger partial charge >= 0.3 is 0 Å². The van der Waals surface area contributed by atoms with E-state index in [-0.39, 0.29) is 0 Å². The molecule has 1 aliphatic heterocycles. The molecule has 0 radical (unpaired) electrons. The molecule has 0 amide bonds. The molecule has 3 heteroatoms. The van der Waals surface area contributed by atoms with Crippen LogP contribution in [0.5, 0.6) is 0 Å². The maximum atomic E-state index is 5.68. The van der Waals surface area contributed by atoms with Crippen molar-refractivity contribution in [3.05, 3.63) is 23.9 Å². The highest BCUT2D eigenvalue weighted by molar-refractivity contribution is 5.47. The topological polar surface area (TPSA) is 42.2 Å². The summed E-state index contributed by atoms with van der Waals surface area (Å²) in [5, 5.41) is 0. The van der Waals surface area contributed by atoms with Crippen LogP contribution in [0.4, 0.5) is 5.82 Å². The average Bonchev–Trinajstić information content (AvgIpc) is 2.41. The van der Waals surface area contributed by atoms with E-state index < -0.39 is 0 Å². The van der Waals surface area contributed by atoms with E-state index in [0.29, 0.717) is 12.0 Å². The quantitative estimate of drug-likeness (QED) is 0.889. The molecule has 2 heterocycles. The molecule has 0 atom stereocenters. The van der Waals surface area contributed by atoms with Crippen LogP contribution in [-0.2, 0) is 6.42 Å². The molecule has 0 spiro atoms. The van der Waals surface area contributed by atoms with Crippen LogP contribution in [-0.4, -0.2) is 24.6 Å². The molecule has 0 aromatic carbocycles. The van der Waals surface area contributed by atoms with Crippen LogP contribution in [0.1, 0.15) is 38.7 Å². The highest BCUT2D eigenvalue weighted by atomic mass is 15.2. The van der Waals surface area contributed by atoms with E-state index in [4.69, 9.17) is 5.73 Å².